The average Bonchev–Trinajstić information content (AvgIpc) is 1.68. The first-order valence-electron chi connectivity index (χ1n) is 2.17. The van der Waals surface area contributed by atoms with Crippen LogP contribution in [0.5, 0.6) is 0 Å². The van der Waals surface area contributed by atoms with Crippen LogP contribution in [0.3, 0.4) is 0 Å². The van der Waals surface area contributed by atoms with Gasteiger partial charge in [0.05, 0.1) is 0 Å². The molecule has 0 saturated heterocycles. The fraction of sp³-hybridized carbons (Fsp3) is 0.750. The molecule has 2 radical (unpaired) electrons. The lowest BCUT2D eigenvalue weighted by molar-refractivity contribution is -0.141. The monoisotopic (exact) mass is 98.1 g/mol. The van der Waals surface area contributed by atoms with Crippen LogP contribution in [0.2, 0.25) is 0 Å². The Hall–Kier alpha value is -0.465. The standard InChI is InChI=1S/C4H7BO2/c1-2-4(6)7-3-5/h2-3H2,1H3. The summed E-state index contributed by atoms with van der Waals surface area (Å²) in [7, 11) is 4.86. The van der Waals surface area contributed by atoms with Gasteiger partial charge >= 0.3 is 5.97 Å². The molecular formula is C4H7BO2. The third-order valence-electron chi connectivity index (χ3n) is 0.533. The molecule has 0 aliphatic rings. The molecular weight excluding hydrogens is 90.9 g/mol. The largest absolute Gasteiger partial charge is 0.476 e. The summed E-state index contributed by atoms with van der Waals surface area (Å²) in [6.07, 6.45) is 0.400. The van der Waals surface area contributed by atoms with E-state index in [4.69, 9.17) is 7.85 Å². The number of rotatable bonds is 2. The van der Waals surface area contributed by atoms with E-state index in [0.29, 0.717) is 6.42 Å². The van der Waals surface area contributed by atoms with Gasteiger partial charge in [0.15, 0.2) is 0 Å². The molecule has 0 rings (SSSR count). The van der Waals surface area contributed by atoms with Gasteiger partial charge in [-0.1, -0.05) is 6.92 Å². The van der Waals surface area contributed by atoms with Crippen molar-refractivity contribution in [2.24, 2.45) is 0 Å². The molecule has 0 aromatic carbocycles. The van der Waals surface area contributed by atoms with Crippen LogP contribution in [-0.2, 0) is 9.53 Å². The van der Waals surface area contributed by atoms with E-state index in [1.54, 1.807) is 6.92 Å². The summed E-state index contributed by atoms with van der Waals surface area (Å²) >= 11 is 0. The van der Waals surface area contributed by atoms with E-state index in [1.165, 1.54) is 0 Å². The summed E-state index contributed by atoms with van der Waals surface area (Å²) in [6, 6.07) is 0. The predicted octanol–water partition coefficient (Wildman–Crippen LogP) is 0.0656. The van der Waals surface area contributed by atoms with Gasteiger partial charge in [-0.3, -0.25) is 4.79 Å². The SMILES string of the molecule is [B]COC(=O)CC. The maximum absolute atomic E-state index is 10.1. The molecule has 0 spiro atoms. The minimum atomic E-state index is -0.248. The molecule has 0 unspecified atom stereocenters. The van der Waals surface area contributed by atoms with Crippen LogP contribution in [0, 0.1) is 0 Å². The Labute approximate surface area is 44.3 Å². The van der Waals surface area contributed by atoms with Crippen molar-refractivity contribution >= 4 is 13.8 Å². The lowest BCUT2D eigenvalue weighted by Crippen LogP contribution is -2.02. The van der Waals surface area contributed by atoms with E-state index in [0.717, 1.165) is 0 Å². The Morgan fingerprint density at radius 3 is 2.57 bits per heavy atom. The molecule has 7 heavy (non-hydrogen) atoms. The van der Waals surface area contributed by atoms with Crippen molar-refractivity contribution < 1.29 is 9.53 Å². The molecule has 3 heteroatoms. The van der Waals surface area contributed by atoms with E-state index in [9.17, 15) is 4.79 Å². The topological polar surface area (TPSA) is 26.3 Å². The molecule has 0 amide bonds. The van der Waals surface area contributed by atoms with Crippen LogP contribution in [0.4, 0.5) is 0 Å². The highest BCUT2D eigenvalue weighted by atomic mass is 16.5. The summed E-state index contributed by atoms with van der Waals surface area (Å²) in [4.78, 5) is 10.1. The quantitative estimate of drug-likeness (QED) is 0.360. The first-order chi connectivity index (χ1) is 3.31. The van der Waals surface area contributed by atoms with E-state index in [-0.39, 0.29) is 12.5 Å². The molecule has 0 atom stereocenters. The summed E-state index contributed by atoms with van der Waals surface area (Å²) in [5.74, 6) is -0.248. The van der Waals surface area contributed by atoms with Crippen molar-refractivity contribution in [3.63, 3.8) is 0 Å². The number of hydrogen-bond acceptors (Lipinski definition) is 2. The molecule has 0 N–H and O–H groups in total. The fourth-order valence-electron chi connectivity index (χ4n) is 0.195. The van der Waals surface area contributed by atoms with Crippen molar-refractivity contribution in [1.29, 1.82) is 0 Å². The van der Waals surface area contributed by atoms with E-state index in [2.05, 4.69) is 4.74 Å². The van der Waals surface area contributed by atoms with Crippen LogP contribution in [-0.4, -0.2) is 20.3 Å². The second-order valence-corrected chi connectivity index (χ2v) is 1.04. The Morgan fingerprint density at radius 1 is 1.86 bits per heavy atom. The van der Waals surface area contributed by atoms with Gasteiger partial charge in [0.2, 0.25) is 0 Å². The zero-order chi connectivity index (χ0) is 5.70. The fourth-order valence-corrected chi connectivity index (χ4v) is 0.195. The lowest BCUT2D eigenvalue weighted by Gasteiger charge is -1.94. The van der Waals surface area contributed by atoms with Crippen LogP contribution >= 0.6 is 0 Å². The van der Waals surface area contributed by atoms with Crippen molar-refractivity contribution in [2.45, 2.75) is 13.3 Å². The first-order valence-corrected chi connectivity index (χ1v) is 2.17. The summed E-state index contributed by atoms with van der Waals surface area (Å²) < 4.78 is 4.33. The Bertz CT molecular complexity index is 62.7. The maximum atomic E-state index is 10.1. The van der Waals surface area contributed by atoms with E-state index in [1.807, 2.05) is 0 Å². The zero-order valence-electron chi connectivity index (χ0n) is 4.31. The van der Waals surface area contributed by atoms with Gasteiger partial charge in [0.1, 0.15) is 7.85 Å². The predicted molar refractivity (Wildman–Crippen MR) is 27.0 cm³/mol. The maximum Gasteiger partial charge on any atom is 0.304 e. The average molecular weight is 97.9 g/mol. The number of carbonyl (C=O) groups is 1. The highest BCUT2D eigenvalue weighted by Crippen LogP contribution is 1.79. The lowest BCUT2D eigenvalue weighted by atomic mass is 10.2. The molecule has 38 valence electrons. The van der Waals surface area contributed by atoms with Crippen molar-refractivity contribution in [2.75, 3.05) is 6.51 Å². The van der Waals surface area contributed by atoms with E-state index >= 15 is 0 Å². The minimum Gasteiger partial charge on any atom is -0.476 e. The Kier molecular flexibility index (Phi) is 3.47. The minimum absolute atomic E-state index is 0.00727. The molecule has 0 aliphatic carbocycles. The van der Waals surface area contributed by atoms with Crippen LogP contribution in [0.25, 0.3) is 0 Å². The highest BCUT2D eigenvalue weighted by molar-refractivity contribution is 6.08. The highest BCUT2D eigenvalue weighted by Gasteiger charge is 1.90. The molecule has 2 nitrogen and oxygen atoms in total. The third-order valence-corrected chi connectivity index (χ3v) is 0.533. The molecule has 0 bridgehead atoms. The van der Waals surface area contributed by atoms with E-state index < -0.39 is 0 Å². The molecule has 0 aromatic heterocycles. The van der Waals surface area contributed by atoms with Crippen LogP contribution in [0.15, 0.2) is 0 Å². The molecule has 0 saturated carbocycles. The summed E-state index contributed by atoms with van der Waals surface area (Å²) in [6.45, 7) is 1.71. The van der Waals surface area contributed by atoms with Gasteiger partial charge in [0.25, 0.3) is 0 Å². The van der Waals surface area contributed by atoms with Gasteiger partial charge in [-0.2, -0.15) is 0 Å². The zero-order valence-corrected chi connectivity index (χ0v) is 4.31. The van der Waals surface area contributed by atoms with Gasteiger partial charge in [-0.25, -0.2) is 0 Å². The van der Waals surface area contributed by atoms with Gasteiger partial charge in [0, 0.05) is 12.9 Å². The summed E-state index contributed by atoms with van der Waals surface area (Å²) in [5.41, 5.74) is 0. The third kappa shape index (κ3) is 3.36. The van der Waals surface area contributed by atoms with Crippen molar-refractivity contribution in [1.82, 2.24) is 0 Å². The van der Waals surface area contributed by atoms with Crippen molar-refractivity contribution in [3.8, 4) is 0 Å². The first kappa shape index (κ1) is 6.53. The Morgan fingerprint density at radius 2 is 2.43 bits per heavy atom. The second-order valence-electron chi connectivity index (χ2n) is 1.04. The van der Waals surface area contributed by atoms with Gasteiger partial charge in [-0.15, -0.1) is 0 Å². The molecule has 0 aliphatic heterocycles. The smallest absolute Gasteiger partial charge is 0.304 e. The van der Waals surface area contributed by atoms with Gasteiger partial charge < -0.3 is 4.74 Å². The number of ether oxygens (including phenoxy) is 1. The number of carbonyl (C=O) groups excluding carboxylic acids is 1. The van der Waals surface area contributed by atoms with Crippen LogP contribution in [0.1, 0.15) is 13.3 Å². The number of esters is 1. The number of hydrogen-bond donors (Lipinski definition) is 0. The second kappa shape index (κ2) is 3.72. The van der Waals surface area contributed by atoms with Crippen molar-refractivity contribution in [3.05, 3.63) is 0 Å². The van der Waals surface area contributed by atoms with Gasteiger partial charge in [-0.05, 0) is 0 Å². The summed E-state index contributed by atoms with van der Waals surface area (Å²) in [5, 5.41) is 0. The van der Waals surface area contributed by atoms with Crippen LogP contribution < -0.4 is 0 Å². The molecule has 0 heterocycles. The molecule has 0 fully saturated rings. The normalized spacial score (nSPS) is 8.14. The Balaban J connectivity index is 3.00. The molecule has 0 aromatic rings.